The Morgan fingerprint density at radius 2 is 2.14 bits per heavy atom. The molecule has 1 aromatic carbocycles. The second kappa shape index (κ2) is 9.59. The molecule has 0 spiro atoms. The van der Waals surface area contributed by atoms with Gasteiger partial charge in [0.15, 0.2) is 5.96 Å². The van der Waals surface area contributed by atoms with Crippen molar-refractivity contribution in [3.05, 3.63) is 30.1 Å². The number of H-pyrrole nitrogens is 1. The second-order valence-corrected chi connectivity index (χ2v) is 4.85. The van der Waals surface area contributed by atoms with Crippen LogP contribution in [0.25, 0.3) is 11.0 Å². The molecule has 0 radical (unpaired) electrons. The first-order valence-corrected chi connectivity index (χ1v) is 7.27. The summed E-state index contributed by atoms with van der Waals surface area (Å²) in [7, 11) is 0. The zero-order valence-corrected chi connectivity index (χ0v) is 14.8. The lowest BCUT2D eigenvalue weighted by Gasteiger charge is -2.03. The van der Waals surface area contributed by atoms with E-state index in [1.54, 1.807) is 0 Å². The van der Waals surface area contributed by atoms with Crippen LogP contribution in [0, 0.1) is 0 Å². The molecule has 4 N–H and O–H groups in total. The maximum absolute atomic E-state index is 5.77. The van der Waals surface area contributed by atoms with Crippen molar-refractivity contribution < 1.29 is 0 Å². The van der Waals surface area contributed by atoms with Crippen LogP contribution < -0.4 is 11.1 Å². The van der Waals surface area contributed by atoms with Gasteiger partial charge < -0.3 is 16.0 Å². The largest absolute Gasteiger partial charge is 0.370 e. The van der Waals surface area contributed by atoms with Crippen LogP contribution in [0.4, 0.5) is 0 Å². The average molecular weight is 401 g/mol. The van der Waals surface area contributed by atoms with Gasteiger partial charge in [0.25, 0.3) is 0 Å². The number of fused-ring (bicyclic) bond motifs is 1. The fraction of sp³-hybridized carbons (Fsp3) is 0.467. The number of unbranched alkanes of at least 4 members (excludes halogenated alkanes) is 1. The summed E-state index contributed by atoms with van der Waals surface area (Å²) in [4.78, 5) is 12.2. The van der Waals surface area contributed by atoms with Crippen molar-refractivity contribution in [2.75, 3.05) is 13.1 Å². The minimum absolute atomic E-state index is 0. The number of hydrogen-bond donors (Lipinski definition) is 3. The number of nitrogens with two attached hydrogens (primary N) is 1. The highest BCUT2D eigenvalue weighted by Crippen LogP contribution is 2.11. The van der Waals surface area contributed by atoms with Crippen molar-refractivity contribution in [1.29, 1.82) is 0 Å². The molecule has 1 heterocycles. The van der Waals surface area contributed by atoms with Gasteiger partial charge in [-0.05, 0) is 25.0 Å². The summed E-state index contributed by atoms with van der Waals surface area (Å²) in [6.45, 7) is 3.78. The lowest BCUT2D eigenvalue weighted by molar-refractivity contribution is 0.741. The van der Waals surface area contributed by atoms with Gasteiger partial charge in [-0.1, -0.05) is 25.5 Å². The van der Waals surface area contributed by atoms with Crippen LogP contribution >= 0.6 is 24.0 Å². The molecule has 0 unspecified atom stereocenters. The fourth-order valence-electron chi connectivity index (χ4n) is 2.02. The van der Waals surface area contributed by atoms with Crippen LogP contribution in [0.5, 0.6) is 0 Å². The van der Waals surface area contributed by atoms with Crippen molar-refractivity contribution in [3.63, 3.8) is 0 Å². The zero-order valence-electron chi connectivity index (χ0n) is 12.4. The molecule has 1 aromatic heterocycles. The number of nitrogens with one attached hydrogen (secondary N) is 2. The van der Waals surface area contributed by atoms with Gasteiger partial charge in [0.2, 0.25) is 0 Å². The van der Waals surface area contributed by atoms with Gasteiger partial charge in [-0.3, -0.25) is 4.99 Å². The summed E-state index contributed by atoms with van der Waals surface area (Å²) in [5, 5.41) is 3.11. The Morgan fingerprint density at radius 3 is 2.90 bits per heavy atom. The molecule has 0 amide bonds. The smallest absolute Gasteiger partial charge is 0.188 e. The molecule has 0 atom stereocenters. The highest BCUT2D eigenvalue weighted by molar-refractivity contribution is 14.0. The zero-order chi connectivity index (χ0) is 14.2. The third-order valence-electron chi connectivity index (χ3n) is 3.13. The molecule has 0 aliphatic heterocycles. The number of halogens is 1. The summed E-state index contributed by atoms with van der Waals surface area (Å²) in [6, 6.07) is 8.07. The SMILES string of the molecule is CCCCNC(N)=NCCCc1nc2ccccc2[nH]1.I. The van der Waals surface area contributed by atoms with E-state index in [9.17, 15) is 0 Å². The van der Waals surface area contributed by atoms with Crippen LogP contribution in [0.3, 0.4) is 0 Å². The monoisotopic (exact) mass is 401 g/mol. The van der Waals surface area contributed by atoms with Crippen LogP contribution in [0.15, 0.2) is 29.3 Å². The second-order valence-electron chi connectivity index (χ2n) is 4.85. The molecular weight excluding hydrogens is 377 g/mol. The molecule has 116 valence electrons. The Morgan fingerprint density at radius 1 is 1.33 bits per heavy atom. The minimum atomic E-state index is 0. The molecule has 5 nitrogen and oxygen atoms in total. The number of hydrogen-bond acceptors (Lipinski definition) is 2. The van der Waals surface area contributed by atoms with E-state index in [1.807, 2.05) is 24.3 Å². The first-order valence-electron chi connectivity index (χ1n) is 7.27. The summed E-state index contributed by atoms with van der Waals surface area (Å²) in [6.07, 6.45) is 4.11. The molecule has 0 saturated carbocycles. The first kappa shape index (κ1) is 17.7. The number of aromatic nitrogens is 2. The number of nitrogens with zero attached hydrogens (tertiary/aromatic N) is 2. The molecule has 2 aromatic rings. The number of para-hydroxylation sites is 2. The standard InChI is InChI=1S/C15H23N5.HI/c1-2-3-10-17-15(16)18-11-6-9-14-19-12-7-4-5-8-13(12)20-14;/h4-5,7-8H,2-3,6,9-11H2,1H3,(H,19,20)(H3,16,17,18);1H. The Bertz CT molecular complexity index is 531. The fourth-order valence-corrected chi connectivity index (χ4v) is 2.02. The van der Waals surface area contributed by atoms with E-state index >= 15 is 0 Å². The lowest BCUT2D eigenvalue weighted by atomic mass is 10.3. The van der Waals surface area contributed by atoms with E-state index in [2.05, 4.69) is 27.2 Å². The summed E-state index contributed by atoms with van der Waals surface area (Å²) < 4.78 is 0. The number of aryl methyl sites for hydroxylation is 1. The topological polar surface area (TPSA) is 79.1 Å². The van der Waals surface area contributed by atoms with E-state index in [-0.39, 0.29) is 24.0 Å². The molecular formula is C15H24IN5. The Kier molecular flexibility index (Phi) is 8.11. The number of rotatable bonds is 7. The maximum atomic E-state index is 5.77. The van der Waals surface area contributed by atoms with Crippen LogP contribution in [-0.4, -0.2) is 29.0 Å². The van der Waals surface area contributed by atoms with Gasteiger partial charge >= 0.3 is 0 Å². The van der Waals surface area contributed by atoms with Gasteiger partial charge in [-0.15, -0.1) is 24.0 Å². The number of benzene rings is 1. The molecule has 0 fully saturated rings. The summed E-state index contributed by atoms with van der Waals surface area (Å²) >= 11 is 0. The van der Waals surface area contributed by atoms with E-state index in [4.69, 9.17) is 5.73 Å². The van der Waals surface area contributed by atoms with Crippen molar-refractivity contribution in [3.8, 4) is 0 Å². The number of aliphatic imine (C=N–C) groups is 1. The predicted molar refractivity (Wildman–Crippen MR) is 99.2 cm³/mol. The number of guanidine groups is 1. The molecule has 0 bridgehead atoms. The molecule has 21 heavy (non-hydrogen) atoms. The van der Waals surface area contributed by atoms with Gasteiger partial charge in [0, 0.05) is 19.5 Å². The molecule has 6 heteroatoms. The molecule has 0 aliphatic rings. The Hall–Kier alpha value is -1.31. The van der Waals surface area contributed by atoms with Crippen molar-refractivity contribution >= 4 is 41.0 Å². The van der Waals surface area contributed by atoms with Crippen LogP contribution in [0.1, 0.15) is 32.0 Å². The number of imidazole rings is 1. The van der Waals surface area contributed by atoms with Crippen molar-refractivity contribution in [1.82, 2.24) is 15.3 Å². The van der Waals surface area contributed by atoms with Gasteiger partial charge in [0.05, 0.1) is 11.0 Å². The van der Waals surface area contributed by atoms with Gasteiger partial charge in [-0.25, -0.2) is 4.98 Å². The number of aromatic amines is 1. The molecule has 0 saturated heterocycles. The highest BCUT2D eigenvalue weighted by Gasteiger charge is 2.01. The normalized spacial score (nSPS) is 11.4. The Labute approximate surface area is 142 Å². The lowest BCUT2D eigenvalue weighted by Crippen LogP contribution is -2.32. The van der Waals surface area contributed by atoms with Gasteiger partial charge in [-0.2, -0.15) is 0 Å². The quantitative estimate of drug-likeness (QED) is 0.289. The third kappa shape index (κ3) is 5.91. The van der Waals surface area contributed by atoms with Gasteiger partial charge in [0.1, 0.15) is 5.82 Å². The van der Waals surface area contributed by atoms with Crippen molar-refractivity contribution in [2.24, 2.45) is 10.7 Å². The highest BCUT2D eigenvalue weighted by atomic mass is 127. The maximum Gasteiger partial charge on any atom is 0.188 e. The van der Waals surface area contributed by atoms with E-state index in [0.29, 0.717) is 5.96 Å². The minimum Gasteiger partial charge on any atom is -0.370 e. The summed E-state index contributed by atoms with van der Waals surface area (Å²) in [5.41, 5.74) is 7.88. The molecule has 2 rings (SSSR count). The third-order valence-corrected chi connectivity index (χ3v) is 3.13. The molecule has 0 aliphatic carbocycles. The van der Waals surface area contributed by atoms with E-state index in [0.717, 1.165) is 55.6 Å². The Balaban J connectivity index is 0.00000220. The first-order chi connectivity index (χ1) is 9.79. The summed E-state index contributed by atoms with van der Waals surface area (Å²) in [5.74, 6) is 1.56. The predicted octanol–water partition coefficient (Wildman–Crippen LogP) is 2.82. The van der Waals surface area contributed by atoms with Crippen LogP contribution in [0.2, 0.25) is 0 Å². The average Bonchev–Trinajstić information content (AvgIpc) is 2.86. The van der Waals surface area contributed by atoms with E-state index in [1.165, 1.54) is 0 Å². The van der Waals surface area contributed by atoms with E-state index < -0.39 is 0 Å². The van der Waals surface area contributed by atoms with Crippen molar-refractivity contribution in [2.45, 2.75) is 32.6 Å². The van der Waals surface area contributed by atoms with Crippen LogP contribution in [-0.2, 0) is 6.42 Å².